The maximum Gasteiger partial charge on any atom is 0.126 e. The van der Waals surface area contributed by atoms with Gasteiger partial charge < -0.3 is 0 Å². The maximum atomic E-state index is 13.9. The standard InChI is InChI=1S/C22H22FN3/c23-20-7-2-1-5-18(20)15-19-6-3-8-21(25-19)22-9-4-14-26(22)16-17-10-12-24-13-11-17/h1-3,5-8,10-13,22H,4,9,14-16H2/t22-/m1/s1. The molecule has 3 nitrogen and oxygen atoms in total. The normalized spacial score (nSPS) is 17.5. The van der Waals surface area contributed by atoms with Crippen molar-refractivity contribution in [1.29, 1.82) is 0 Å². The van der Waals surface area contributed by atoms with E-state index in [9.17, 15) is 4.39 Å². The van der Waals surface area contributed by atoms with Gasteiger partial charge in [-0.1, -0.05) is 24.3 Å². The molecule has 0 bridgehead atoms. The first kappa shape index (κ1) is 16.9. The van der Waals surface area contributed by atoms with Crippen molar-refractivity contribution >= 4 is 0 Å². The second-order valence-corrected chi connectivity index (χ2v) is 6.81. The third-order valence-electron chi connectivity index (χ3n) is 5.00. The average molecular weight is 347 g/mol. The molecule has 1 atom stereocenters. The molecule has 3 heterocycles. The summed E-state index contributed by atoms with van der Waals surface area (Å²) in [6, 6.07) is 17.5. The van der Waals surface area contributed by atoms with Crippen molar-refractivity contribution in [3.05, 3.63) is 95.3 Å². The highest BCUT2D eigenvalue weighted by Crippen LogP contribution is 2.32. The molecule has 0 spiro atoms. The van der Waals surface area contributed by atoms with E-state index in [1.54, 1.807) is 6.07 Å². The Morgan fingerprint density at radius 1 is 1.00 bits per heavy atom. The molecule has 0 amide bonds. The van der Waals surface area contributed by atoms with E-state index in [0.29, 0.717) is 18.0 Å². The number of halogens is 1. The summed E-state index contributed by atoms with van der Waals surface area (Å²) in [5, 5.41) is 0. The number of hydrogen-bond donors (Lipinski definition) is 0. The van der Waals surface area contributed by atoms with Gasteiger partial charge in [-0.2, -0.15) is 0 Å². The zero-order chi connectivity index (χ0) is 17.8. The van der Waals surface area contributed by atoms with Crippen LogP contribution in [0.4, 0.5) is 4.39 Å². The van der Waals surface area contributed by atoms with Gasteiger partial charge in [0.15, 0.2) is 0 Å². The number of hydrogen-bond acceptors (Lipinski definition) is 3. The first-order valence-electron chi connectivity index (χ1n) is 9.12. The Bertz CT molecular complexity index is 866. The van der Waals surface area contributed by atoms with Gasteiger partial charge in [-0.05, 0) is 60.8 Å². The van der Waals surface area contributed by atoms with Crippen molar-refractivity contribution in [2.24, 2.45) is 0 Å². The summed E-state index contributed by atoms with van der Waals surface area (Å²) in [6.07, 6.45) is 6.50. The molecule has 1 aromatic carbocycles. The van der Waals surface area contributed by atoms with Gasteiger partial charge in [-0.3, -0.25) is 14.9 Å². The van der Waals surface area contributed by atoms with E-state index in [0.717, 1.165) is 30.9 Å². The number of benzene rings is 1. The van der Waals surface area contributed by atoms with Crippen LogP contribution in [0.3, 0.4) is 0 Å². The molecule has 0 radical (unpaired) electrons. The molecule has 1 aliphatic heterocycles. The number of rotatable bonds is 5. The van der Waals surface area contributed by atoms with Crippen LogP contribution >= 0.6 is 0 Å². The lowest BCUT2D eigenvalue weighted by molar-refractivity contribution is 0.244. The Hall–Kier alpha value is -2.59. The molecule has 3 aromatic rings. The van der Waals surface area contributed by atoms with Gasteiger partial charge in [0.25, 0.3) is 0 Å². The Balaban J connectivity index is 1.53. The smallest absolute Gasteiger partial charge is 0.126 e. The molecule has 0 N–H and O–H groups in total. The summed E-state index contributed by atoms with van der Waals surface area (Å²) in [7, 11) is 0. The molecule has 2 aromatic heterocycles. The molecule has 1 saturated heterocycles. The Morgan fingerprint density at radius 2 is 1.85 bits per heavy atom. The van der Waals surface area contributed by atoms with E-state index in [1.807, 2.05) is 36.7 Å². The molecule has 4 heteroatoms. The van der Waals surface area contributed by atoms with Crippen LogP contribution in [-0.4, -0.2) is 21.4 Å². The number of nitrogens with zero attached hydrogens (tertiary/aromatic N) is 3. The first-order valence-corrected chi connectivity index (χ1v) is 9.12. The van der Waals surface area contributed by atoms with Crippen LogP contribution in [-0.2, 0) is 13.0 Å². The van der Waals surface area contributed by atoms with Crippen molar-refractivity contribution in [2.45, 2.75) is 31.8 Å². The van der Waals surface area contributed by atoms with Gasteiger partial charge >= 0.3 is 0 Å². The Kier molecular flexibility index (Phi) is 5.02. The minimum absolute atomic E-state index is 0.167. The predicted octanol–water partition coefficient (Wildman–Crippen LogP) is 4.54. The van der Waals surface area contributed by atoms with Crippen LogP contribution in [0.1, 0.15) is 41.4 Å². The van der Waals surface area contributed by atoms with Crippen molar-refractivity contribution in [1.82, 2.24) is 14.9 Å². The number of likely N-dealkylation sites (tertiary alicyclic amines) is 1. The molecule has 1 aliphatic rings. The van der Waals surface area contributed by atoms with E-state index < -0.39 is 0 Å². The fraction of sp³-hybridized carbons (Fsp3) is 0.273. The summed E-state index contributed by atoms with van der Waals surface area (Å²) < 4.78 is 13.9. The van der Waals surface area contributed by atoms with Crippen LogP contribution in [0, 0.1) is 5.82 Å². The van der Waals surface area contributed by atoms with Crippen molar-refractivity contribution in [3.63, 3.8) is 0 Å². The topological polar surface area (TPSA) is 29.0 Å². The van der Waals surface area contributed by atoms with E-state index in [2.05, 4.69) is 28.1 Å². The van der Waals surface area contributed by atoms with Crippen LogP contribution in [0.25, 0.3) is 0 Å². The van der Waals surface area contributed by atoms with Crippen molar-refractivity contribution < 1.29 is 4.39 Å². The predicted molar refractivity (Wildman–Crippen MR) is 100 cm³/mol. The second-order valence-electron chi connectivity index (χ2n) is 6.81. The third-order valence-corrected chi connectivity index (χ3v) is 5.00. The molecule has 26 heavy (non-hydrogen) atoms. The van der Waals surface area contributed by atoms with Gasteiger partial charge in [0, 0.05) is 31.1 Å². The number of pyridine rings is 2. The quantitative estimate of drug-likeness (QED) is 0.678. The lowest BCUT2D eigenvalue weighted by Crippen LogP contribution is -2.23. The summed E-state index contributed by atoms with van der Waals surface area (Å²) in [5.74, 6) is -0.167. The highest BCUT2D eigenvalue weighted by molar-refractivity contribution is 5.25. The van der Waals surface area contributed by atoms with Gasteiger partial charge in [-0.15, -0.1) is 0 Å². The van der Waals surface area contributed by atoms with Crippen molar-refractivity contribution in [2.75, 3.05) is 6.54 Å². The lowest BCUT2D eigenvalue weighted by Gasteiger charge is -2.24. The van der Waals surface area contributed by atoms with Gasteiger partial charge in [0.1, 0.15) is 5.82 Å². The van der Waals surface area contributed by atoms with E-state index in [1.165, 1.54) is 18.1 Å². The fourth-order valence-corrected chi connectivity index (χ4v) is 3.69. The SMILES string of the molecule is Fc1ccccc1Cc1cccc([C@H]2CCCN2Cc2ccncc2)n1. The molecular formula is C22H22FN3. The monoisotopic (exact) mass is 347 g/mol. The second kappa shape index (κ2) is 7.75. The molecule has 4 rings (SSSR count). The Labute approximate surface area is 153 Å². The molecule has 0 saturated carbocycles. The highest BCUT2D eigenvalue weighted by atomic mass is 19.1. The van der Waals surface area contributed by atoms with Gasteiger partial charge in [-0.25, -0.2) is 4.39 Å². The molecule has 1 fully saturated rings. The summed E-state index contributed by atoms with van der Waals surface area (Å²) in [5.41, 5.74) is 3.97. The van der Waals surface area contributed by atoms with Crippen LogP contribution in [0.5, 0.6) is 0 Å². The largest absolute Gasteiger partial charge is 0.291 e. The van der Waals surface area contributed by atoms with E-state index in [-0.39, 0.29) is 5.82 Å². The fourth-order valence-electron chi connectivity index (χ4n) is 3.69. The third kappa shape index (κ3) is 3.81. The molecule has 132 valence electrons. The van der Waals surface area contributed by atoms with Crippen molar-refractivity contribution in [3.8, 4) is 0 Å². The number of aromatic nitrogens is 2. The van der Waals surface area contributed by atoms with E-state index >= 15 is 0 Å². The maximum absolute atomic E-state index is 13.9. The zero-order valence-corrected chi connectivity index (χ0v) is 14.7. The van der Waals surface area contributed by atoms with Crippen LogP contribution in [0.2, 0.25) is 0 Å². The summed E-state index contributed by atoms with van der Waals surface area (Å²) >= 11 is 0. The van der Waals surface area contributed by atoms with E-state index in [4.69, 9.17) is 4.98 Å². The summed E-state index contributed by atoms with van der Waals surface area (Å²) in [6.45, 7) is 1.98. The van der Waals surface area contributed by atoms with Crippen LogP contribution in [0.15, 0.2) is 67.0 Å². The molecule has 0 unspecified atom stereocenters. The average Bonchev–Trinajstić information content (AvgIpc) is 3.13. The lowest BCUT2D eigenvalue weighted by atomic mass is 10.1. The van der Waals surface area contributed by atoms with Crippen LogP contribution < -0.4 is 0 Å². The minimum Gasteiger partial charge on any atom is -0.291 e. The van der Waals surface area contributed by atoms with Gasteiger partial charge in [0.05, 0.1) is 11.7 Å². The summed E-state index contributed by atoms with van der Waals surface area (Å²) in [4.78, 5) is 11.4. The molecular weight excluding hydrogens is 325 g/mol. The Morgan fingerprint density at radius 3 is 2.69 bits per heavy atom. The zero-order valence-electron chi connectivity index (χ0n) is 14.7. The highest BCUT2D eigenvalue weighted by Gasteiger charge is 2.27. The first-order chi connectivity index (χ1) is 12.8. The minimum atomic E-state index is -0.167. The van der Waals surface area contributed by atoms with Gasteiger partial charge in [0.2, 0.25) is 0 Å². The molecule has 0 aliphatic carbocycles.